The molecule has 0 saturated carbocycles. The van der Waals surface area contributed by atoms with Gasteiger partial charge < -0.3 is 0 Å². The Morgan fingerprint density at radius 2 is 1.59 bits per heavy atom. The lowest BCUT2D eigenvalue weighted by Gasteiger charge is -2.19. The molecule has 2 aromatic rings. The summed E-state index contributed by atoms with van der Waals surface area (Å²) in [6, 6.07) is 11.8. The molecule has 156 valence electrons. The van der Waals surface area contributed by atoms with Gasteiger partial charge in [-0.2, -0.15) is 0 Å². The summed E-state index contributed by atoms with van der Waals surface area (Å²) in [6.45, 7) is 5.92. The summed E-state index contributed by atoms with van der Waals surface area (Å²) in [5, 5.41) is 0. The quantitative estimate of drug-likeness (QED) is 0.622. The SMILES string of the molecule is CC(C)(C)c1ccc(S(=O)(=O)NCCC(=O)NNC(=O)c2ccccc2F)cc1. The van der Waals surface area contributed by atoms with Crippen LogP contribution in [0, 0.1) is 5.82 Å². The van der Waals surface area contributed by atoms with Crippen molar-refractivity contribution in [3.63, 3.8) is 0 Å². The number of benzene rings is 2. The standard InChI is InChI=1S/C20H24FN3O4S/c1-20(2,3)14-8-10-15(11-9-14)29(27,28)22-13-12-18(25)23-24-19(26)16-6-4-5-7-17(16)21/h4-11,22H,12-13H2,1-3H3,(H,23,25)(H,24,26). The van der Waals surface area contributed by atoms with E-state index in [4.69, 9.17) is 0 Å². The van der Waals surface area contributed by atoms with E-state index >= 15 is 0 Å². The lowest BCUT2D eigenvalue weighted by Crippen LogP contribution is -2.43. The van der Waals surface area contributed by atoms with Gasteiger partial charge >= 0.3 is 0 Å². The first-order valence-electron chi connectivity index (χ1n) is 8.94. The van der Waals surface area contributed by atoms with Gasteiger partial charge in [-0.3, -0.25) is 20.4 Å². The van der Waals surface area contributed by atoms with Crippen molar-refractivity contribution in [3.8, 4) is 0 Å². The predicted octanol–water partition coefficient (Wildman–Crippen LogP) is 2.25. The summed E-state index contributed by atoms with van der Waals surface area (Å²) < 4.78 is 40.4. The van der Waals surface area contributed by atoms with Crippen LogP contribution in [-0.2, 0) is 20.2 Å². The van der Waals surface area contributed by atoms with Crippen molar-refractivity contribution >= 4 is 21.8 Å². The van der Waals surface area contributed by atoms with E-state index in [1.54, 1.807) is 12.1 Å². The van der Waals surface area contributed by atoms with Crippen molar-refractivity contribution in [2.45, 2.75) is 37.5 Å². The Balaban J connectivity index is 1.83. The fourth-order valence-corrected chi connectivity index (χ4v) is 3.45. The molecule has 0 atom stereocenters. The maximum absolute atomic E-state index is 13.5. The zero-order chi connectivity index (χ0) is 21.7. The summed E-state index contributed by atoms with van der Waals surface area (Å²) in [5.74, 6) is -2.15. The summed E-state index contributed by atoms with van der Waals surface area (Å²) in [6.07, 6.45) is -0.211. The van der Waals surface area contributed by atoms with Crippen LogP contribution in [0.15, 0.2) is 53.4 Å². The van der Waals surface area contributed by atoms with Gasteiger partial charge in [-0.25, -0.2) is 17.5 Å². The van der Waals surface area contributed by atoms with Gasteiger partial charge in [0.15, 0.2) is 0 Å². The molecule has 29 heavy (non-hydrogen) atoms. The van der Waals surface area contributed by atoms with Crippen LogP contribution in [0.4, 0.5) is 4.39 Å². The van der Waals surface area contributed by atoms with Crippen LogP contribution in [0.1, 0.15) is 43.1 Å². The fraction of sp³-hybridized carbons (Fsp3) is 0.300. The second-order valence-electron chi connectivity index (χ2n) is 7.40. The van der Waals surface area contributed by atoms with Crippen LogP contribution < -0.4 is 15.6 Å². The highest BCUT2D eigenvalue weighted by molar-refractivity contribution is 7.89. The third kappa shape index (κ3) is 6.37. The van der Waals surface area contributed by atoms with E-state index in [1.165, 1.54) is 30.3 Å². The Labute approximate surface area is 169 Å². The highest BCUT2D eigenvalue weighted by atomic mass is 32.2. The minimum Gasteiger partial charge on any atom is -0.273 e. The number of rotatable bonds is 6. The molecule has 0 radical (unpaired) electrons. The second-order valence-corrected chi connectivity index (χ2v) is 9.17. The molecule has 0 aliphatic carbocycles. The molecule has 0 fully saturated rings. The third-order valence-corrected chi connectivity index (χ3v) is 5.59. The molecule has 0 aliphatic rings. The first kappa shape index (κ1) is 22.5. The van der Waals surface area contributed by atoms with E-state index in [9.17, 15) is 22.4 Å². The molecular formula is C20H24FN3O4S. The molecule has 0 spiro atoms. The molecule has 2 aromatic carbocycles. The normalized spacial score (nSPS) is 11.7. The van der Waals surface area contributed by atoms with Gasteiger partial charge in [0.1, 0.15) is 5.82 Å². The monoisotopic (exact) mass is 421 g/mol. The molecule has 0 bridgehead atoms. The number of nitrogens with one attached hydrogen (secondary N) is 3. The van der Waals surface area contributed by atoms with Crippen LogP contribution in [-0.4, -0.2) is 26.8 Å². The first-order valence-corrected chi connectivity index (χ1v) is 10.4. The lowest BCUT2D eigenvalue weighted by molar-refractivity contribution is -0.121. The van der Waals surface area contributed by atoms with Gasteiger partial charge in [0.25, 0.3) is 5.91 Å². The molecule has 0 unspecified atom stereocenters. The van der Waals surface area contributed by atoms with Crippen LogP contribution >= 0.6 is 0 Å². The minimum atomic E-state index is -3.77. The van der Waals surface area contributed by atoms with Crippen molar-refractivity contribution in [2.24, 2.45) is 0 Å². The summed E-state index contributed by atoms with van der Waals surface area (Å²) >= 11 is 0. The second kappa shape index (κ2) is 9.15. The van der Waals surface area contributed by atoms with Crippen molar-refractivity contribution in [1.29, 1.82) is 0 Å². The topological polar surface area (TPSA) is 104 Å². The van der Waals surface area contributed by atoms with E-state index in [1.807, 2.05) is 20.8 Å². The molecular weight excluding hydrogens is 397 g/mol. The molecule has 2 amide bonds. The molecule has 9 heteroatoms. The Bertz CT molecular complexity index is 984. The van der Waals surface area contributed by atoms with Gasteiger partial charge in [-0.1, -0.05) is 45.0 Å². The molecule has 2 rings (SSSR count). The Morgan fingerprint density at radius 3 is 2.17 bits per heavy atom. The zero-order valence-electron chi connectivity index (χ0n) is 16.5. The van der Waals surface area contributed by atoms with E-state index < -0.39 is 27.7 Å². The van der Waals surface area contributed by atoms with Crippen LogP contribution in [0.25, 0.3) is 0 Å². The number of carbonyl (C=O) groups is 2. The largest absolute Gasteiger partial charge is 0.273 e. The van der Waals surface area contributed by atoms with Gasteiger partial charge in [-0.05, 0) is 35.2 Å². The van der Waals surface area contributed by atoms with Crippen LogP contribution in [0.5, 0.6) is 0 Å². The van der Waals surface area contributed by atoms with Crippen molar-refractivity contribution in [1.82, 2.24) is 15.6 Å². The van der Waals surface area contributed by atoms with Crippen molar-refractivity contribution in [2.75, 3.05) is 6.54 Å². The smallest absolute Gasteiger partial charge is 0.272 e. The summed E-state index contributed by atoms with van der Waals surface area (Å²) in [5.41, 5.74) is 4.89. The van der Waals surface area contributed by atoms with Gasteiger partial charge in [0.2, 0.25) is 15.9 Å². The molecule has 7 nitrogen and oxygen atoms in total. The Kier molecular flexibility index (Phi) is 7.10. The van der Waals surface area contributed by atoms with E-state index in [-0.39, 0.29) is 28.8 Å². The summed E-state index contributed by atoms with van der Waals surface area (Å²) in [7, 11) is -3.77. The predicted molar refractivity (Wildman–Crippen MR) is 107 cm³/mol. The highest BCUT2D eigenvalue weighted by Gasteiger charge is 2.18. The Morgan fingerprint density at radius 1 is 0.966 bits per heavy atom. The van der Waals surface area contributed by atoms with Gasteiger partial charge in [-0.15, -0.1) is 0 Å². The third-order valence-electron chi connectivity index (χ3n) is 4.11. The maximum atomic E-state index is 13.5. The van der Waals surface area contributed by atoms with E-state index in [0.717, 1.165) is 11.6 Å². The molecule has 3 N–H and O–H groups in total. The molecule has 0 aliphatic heterocycles. The van der Waals surface area contributed by atoms with E-state index in [0.29, 0.717) is 0 Å². The van der Waals surface area contributed by atoms with Crippen molar-refractivity contribution in [3.05, 3.63) is 65.5 Å². The number of hydrazine groups is 1. The number of halogens is 1. The number of hydrogen-bond donors (Lipinski definition) is 3. The van der Waals surface area contributed by atoms with Crippen LogP contribution in [0.3, 0.4) is 0 Å². The van der Waals surface area contributed by atoms with Gasteiger partial charge in [0.05, 0.1) is 10.5 Å². The molecule has 0 aromatic heterocycles. The molecule has 0 saturated heterocycles. The number of sulfonamides is 1. The number of amides is 2. The lowest BCUT2D eigenvalue weighted by atomic mass is 9.87. The first-order chi connectivity index (χ1) is 13.5. The minimum absolute atomic E-state index is 0.0961. The highest BCUT2D eigenvalue weighted by Crippen LogP contribution is 2.23. The van der Waals surface area contributed by atoms with Gasteiger partial charge in [0, 0.05) is 13.0 Å². The zero-order valence-corrected chi connectivity index (χ0v) is 17.3. The molecule has 0 heterocycles. The Hall–Kier alpha value is -2.78. The average Bonchev–Trinajstić information content (AvgIpc) is 2.66. The fourth-order valence-electron chi connectivity index (χ4n) is 2.42. The average molecular weight is 421 g/mol. The van der Waals surface area contributed by atoms with Crippen molar-refractivity contribution < 1.29 is 22.4 Å². The van der Waals surface area contributed by atoms with Crippen LogP contribution in [0.2, 0.25) is 0 Å². The number of carbonyl (C=O) groups excluding carboxylic acids is 2. The maximum Gasteiger partial charge on any atom is 0.272 e. The van der Waals surface area contributed by atoms with E-state index in [2.05, 4.69) is 15.6 Å². The summed E-state index contributed by atoms with van der Waals surface area (Å²) in [4.78, 5) is 23.7. The number of hydrogen-bond acceptors (Lipinski definition) is 4.